The van der Waals surface area contributed by atoms with E-state index in [1.807, 2.05) is 0 Å². The Morgan fingerprint density at radius 3 is 2.93 bits per heavy atom. The molecule has 1 aliphatic rings. The van der Waals surface area contributed by atoms with Crippen molar-refractivity contribution in [2.45, 2.75) is 39.0 Å². The molecule has 0 aromatic carbocycles. The van der Waals surface area contributed by atoms with Crippen LogP contribution in [0, 0.1) is 6.92 Å². The lowest BCUT2D eigenvalue weighted by atomic mass is 9.92. The van der Waals surface area contributed by atoms with Crippen LogP contribution in [0.5, 0.6) is 0 Å². The highest BCUT2D eigenvalue weighted by Crippen LogP contribution is 2.27. The summed E-state index contributed by atoms with van der Waals surface area (Å²) in [6, 6.07) is 0. The molecule has 1 saturated heterocycles. The molecule has 1 aromatic heterocycles. The van der Waals surface area contributed by atoms with Gasteiger partial charge in [-0.05, 0) is 38.3 Å². The van der Waals surface area contributed by atoms with E-state index in [2.05, 4.69) is 36.0 Å². The van der Waals surface area contributed by atoms with E-state index in [1.165, 1.54) is 36.3 Å². The van der Waals surface area contributed by atoms with Crippen LogP contribution >= 0.6 is 0 Å². The van der Waals surface area contributed by atoms with Crippen molar-refractivity contribution in [3.8, 4) is 0 Å². The monoisotopic (exact) mass is 207 g/mol. The zero-order chi connectivity index (χ0) is 10.8. The maximum Gasteiger partial charge on any atom is 0.0628 e. The third kappa shape index (κ3) is 1.93. The first-order valence-corrected chi connectivity index (χ1v) is 5.97. The Labute approximate surface area is 91.9 Å². The number of hydrogen-bond donors (Lipinski definition) is 1. The van der Waals surface area contributed by atoms with Crippen molar-refractivity contribution in [1.82, 2.24) is 15.1 Å². The lowest BCUT2D eigenvalue weighted by molar-refractivity contribution is 0.439. The van der Waals surface area contributed by atoms with Gasteiger partial charge >= 0.3 is 0 Å². The van der Waals surface area contributed by atoms with Gasteiger partial charge in [0, 0.05) is 25.2 Å². The molecule has 1 aliphatic heterocycles. The summed E-state index contributed by atoms with van der Waals surface area (Å²) in [4.78, 5) is 0. The van der Waals surface area contributed by atoms with Gasteiger partial charge < -0.3 is 5.32 Å². The molecule has 3 heteroatoms. The highest BCUT2D eigenvalue weighted by molar-refractivity contribution is 5.29. The fourth-order valence-corrected chi connectivity index (χ4v) is 2.75. The van der Waals surface area contributed by atoms with E-state index >= 15 is 0 Å². The molecule has 15 heavy (non-hydrogen) atoms. The van der Waals surface area contributed by atoms with Crippen molar-refractivity contribution in [1.29, 1.82) is 0 Å². The van der Waals surface area contributed by atoms with Crippen LogP contribution in [0.4, 0.5) is 0 Å². The van der Waals surface area contributed by atoms with Crippen LogP contribution < -0.4 is 5.32 Å². The second kappa shape index (κ2) is 4.35. The number of hydrogen-bond acceptors (Lipinski definition) is 2. The highest BCUT2D eigenvalue weighted by Gasteiger charge is 2.22. The fourth-order valence-electron chi connectivity index (χ4n) is 2.75. The van der Waals surface area contributed by atoms with Crippen molar-refractivity contribution in [2.24, 2.45) is 7.05 Å². The van der Waals surface area contributed by atoms with Gasteiger partial charge in [0.2, 0.25) is 0 Å². The van der Waals surface area contributed by atoms with E-state index in [1.54, 1.807) is 0 Å². The van der Waals surface area contributed by atoms with Crippen molar-refractivity contribution >= 4 is 0 Å². The normalized spacial score (nSPS) is 21.9. The summed E-state index contributed by atoms with van der Waals surface area (Å²) in [6.07, 6.45) is 3.70. The van der Waals surface area contributed by atoms with Crippen molar-refractivity contribution in [3.05, 3.63) is 17.0 Å². The first-order chi connectivity index (χ1) is 7.24. The van der Waals surface area contributed by atoms with E-state index in [0.29, 0.717) is 5.92 Å². The van der Waals surface area contributed by atoms with E-state index in [9.17, 15) is 0 Å². The molecule has 84 valence electrons. The Bertz CT molecular complexity index is 335. The molecule has 1 atom stereocenters. The molecule has 0 aliphatic carbocycles. The van der Waals surface area contributed by atoms with Crippen LogP contribution in [0.15, 0.2) is 0 Å². The summed E-state index contributed by atoms with van der Waals surface area (Å²) in [5, 5.41) is 8.03. The summed E-state index contributed by atoms with van der Waals surface area (Å²) >= 11 is 0. The van der Waals surface area contributed by atoms with E-state index in [0.717, 1.165) is 13.0 Å². The van der Waals surface area contributed by atoms with Gasteiger partial charge in [-0.15, -0.1) is 0 Å². The molecule has 0 radical (unpaired) electrons. The van der Waals surface area contributed by atoms with Gasteiger partial charge in [0.05, 0.1) is 5.69 Å². The van der Waals surface area contributed by atoms with Crippen LogP contribution in [0.2, 0.25) is 0 Å². The lowest BCUT2D eigenvalue weighted by Gasteiger charge is -2.24. The second-order valence-electron chi connectivity index (χ2n) is 4.47. The molecule has 0 saturated carbocycles. The second-order valence-corrected chi connectivity index (χ2v) is 4.47. The molecule has 1 fully saturated rings. The zero-order valence-corrected chi connectivity index (χ0v) is 10.0. The number of aromatic nitrogens is 2. The van der Waals surface area contributed by atoms with Crippen LogP contribution in [0.1, 0.15) is 42.6 Å². The van der Waals surface area contributed by atoms with Crippen molar-refractivity contribution in [3.63, 3.8) is 0 Å². The van der Waals surface area contributed by atoms with Crippen LogP contribution in [-0.4, -0.2) is 22.9 Å². The van der Waals surface area contributed by atoms with Gasteiger partial charge in [-0.1, -0.05) is 6.92 Å². The third-order valence-corrected chi connectivity index (χ3v) is 3.43. The minimum absolute atomic E-state index is 0.667. The van der Waals surface area contributed by atoms with Gasteiger partial charge in [-0.25, -0.2) is 0 Å². The predicted octanol–water partition coefficient (Wildman–Crippen LogP) is 1.76. The SMILES string of the molecule is CCc1c(C)nn(C)c1C1CCCNC1. The van der Waals surface area contributed by atoms with E-state index in [-0.39, 0.29) is 0 Å². The number of rotatable bonds is 2. The zero-order valence-electron chi connectivity index (χ0n) is 10.0. The number of aryl methyl sites for hydroxylation is 2. The Balaban J connectivity index is 2.32. The molecule has 2 rings (SSSR count). The Hall–Kier alpha value is -0.830. The summed E-state index contributed by atoms with van der Waals surface area (Å²) in [5.74, 6) is 0.667. The first kappa shape index (κ1) is 10.7. The quantitative estimate of drug-likeness (QED) is 0.801. The number of nitrogens with zero attached hydrogens (tertiary/aromatic N) is 2. The topological polar surface area (TPSA) is 29.9 Å². The standard InChI is InChI=1S/C12H21N3/c1-4-11-9(2)14-15(3)12(11)10-6-5-7-13-8-10/h10,13H,4-8H2,1-3H3. The van der Waals surface area contributed by atoms with E-state index < -0.39 is 0 Å². The molecule has 3 nitrogen and oxygen atoms in total. The summed E-state index contributed by atoms with van der Waals surface area (Å²) in [7, 11) is 2.08. The Morgan fingerprint density at radius 2 is 2.33 bits per heavy atom. The first-order valence-electron chi connectivity index (χ1n) is 5.97. The smallest absolute Gasteiger partial charge is 0.0628 e. The summed E-state index contributed by atoms with van der Waals surface area (Å²) < 4.78 is 2.09. The Kier molecular flexibility index (Phi) is 3.10. The average molecular weight is 207 g/mol. The number of piperidine rings is 1. The van der Waals surface area contributed by atoms with Gasteiger partial charge in [-0.3, -0.25) is 4.68 Å². The lowest BCUT2D eigenvalue weighted by Crippen LogP contribution is -2.30. The number of nitrogens with one attached hydrogen (secondary N) is 1. The van der Waals surface area contributed by atoms with Crippen LogP contribution in [0.3, 0.4) is 0 Å². The largest absolute Gasteiger partial charge is 0.316 e. The minimum Gasteiger partial charge on any atom is -0.316 e. The van der Waals surface area contributed by atoms with Crippen LogP contribution in [0.25, 0.3) is 0 Å². The molecule has 1 aromatic rings. The molecule has 1 N–H and O–H groups in total. The molecule has 2 heterocycles. The molecule has 1 unspecified atom stereocenters. The van der Waals surface area contributed by atoms with Crippen molar-refractivity contribution in [2.75, 3.05) is 13.1 Å². The van der Waals surface area contributed by atoms with Gasteiger partial charge in [0.15, 0.2) is 0 Å². The van der Waals surface area contributed by atoms with Gasteiger partial charge in [-0.2, -0.15) is 5.10 Å². The maximum absolute atomic E-state index is 4.55. The molecule has 0 amide bonds. The van der Waals surface area contributed by atoms with Crippen molar-refractivity contribution < 1.29 is 0 Å². The molecule has 0 spiro atoms. The van der Waals surface area contributed by atoms with E-state index in [4.69, 9.17) is 0 Å². The maximum atomic E-state index is 4.55. The van der Waals surface area contributed by atoms with Crippen LogP contribution in [-0.2, 0) is 13.5 Å². The molecular formula is C12H21N3. The fraction of sp³-hybridized carbons (Fsp3) is 0.750. The molecular weight excluding hydrogens is 186 g/mol. The van der Waals surface area contributed by atoms with Gasteiger partial charge in [0.25, 0.3) is 0 Å². The van der Waals surface area contributed by atoms with Gasteiger partial charge in [0.1, 0.15) is 0 Å². The predicted molar refractivity (Wildman–Crippen MR) is 62.2 cm³/mol. The highest BCUT2D eigenvalue weighted by atomic mass is 15.3. The third-order valence-electron chi connectivity index (χ3n) is 3.43. The molecule has 0 bridgehead atoms. The summed E-state index contributed by atoms with van der Waals surface area (Å²) in [5.41, 5.74) is 4.13. The minimum atomic E-state index is 0.667. The summed E-state index contributed by atoms with van der Waals surface area (Å²) in [6.45, 7) is 6.64. The Morgan fingerprint density at radius 1 is 1.53 bits per heavy atom. The average Bonchev–Trinajstić information content (AvgIpc) is 2.54.